The van der Waals surface area contributed by atoms with Crippen molar-refractivity contribution >= 4 is 27.6 Å². The van der Waals surface area contributed by atoms with Crippen molar-refractivity contribution in [2.45, 2.75) is 25.0 Å². The molecule has 24 heavy (non-hydrogen) atoms. The van der Waals surface area contributed by atoms with Crippen molar-refractivity contribution in [2.24, 2.45) is 5.92 Å². The molecular weight excluding hydrogens is 370 g/mol. The Labute approximate surface area is 149 Å². The molecule has 0 radical (unpaired) electrons. The molecular formula is C19H18BrNO3. The second kappa shape index (κ2) is 6.22. The van der Waals surface area contributed by atoms with Crippen LogP contribution in [-0.2, 0) is 4.74 Å². The van der Waals surface area contributed by atoms with Crippen LogP contribution in [0.4, 0.5) is 5.69 Å². The fourth-order valence-corrected chi connectivity index (χ4v) is 4.18. The zero-order valence-corrected chi connectivity index (χ0v) is 14.6. The summed E-state index contributed by atoms with van der Waals surface area (Å²) in [5, 5.41) is 12.7. The third-order valence-corrected chi connectivity index (χ3v) is 5.44. The van der Waals surface area contributed by atoms with Crippen molar-refractivity contribution in [3.8, 4) is 0 Å². The van der Waals surface area contributed by atoms with E-state index in [-0.39, 0.29) is 12.1 Å². The first-order chi connectivity index (χ1) is 11.6. The van der Waals surface area contributed by atoms with Crippen molar-refractivity contribution in [3.63, 3.8) is 0 Å². The Morgan fingerprint density at radius 1 is 1.21 bits per heavy atom. The molecule has 0 aliphatic carbocycles. The molecule has 2 aliphatic heterocycles. The standard InChI is InChI=1S/C19H18BrNO3/c20-13-7-8-16-15(10-13)18-14(2-1-9-24-18)17(21-16)11-3-5-12(6-4-11)19(22)23/h3-8,10,14,17-18,21H,1-2,9H2,(H,22,23)/t14-,17-,18-/m0/s1. The maximum Gasteiger partial charge on any atom is 0.335 e. The summed E-state index contributed by atoms with van der Waals surface area (Å²) < 4.78 is 7.18. The van der Waals surface area contributed by atoms with Crippen LogP contribution in [0.15, 0.2) is 46.9 Å². The summed E-state index contributed by atoms with van der Waals surface area (Å²) in [7, 11) is 0. The van der Waals surface area contributed by atoms with Gasteiger partial charge in [-0.25, -0.2) is 4.79 Å². The third-order valence-electron chi connectivity index (χ3n) is 4.94. The Bertz CT molecular complexity index is 775. The van der Waals surface area contributed by atoms with Gasteiger partial charge in [-0.3, -0.25) is 0 Å². The number of hydrogen-bond acceptors (Lipinski definition) is 3. The zero-order chi connectivity index (χ0) is 16.7. The van der Waals surface area contributed by atoms with Gasteiger partial charge in [0, 0.05) is 28.2 Å². The molecule has 1 fully saturated rings. The molecule has 2 N–H and O–H groups in total. The molecule has 4 nitrogen and oxygen atoms in total. The molecule has 0 aromatic heterocycles. The maximum absolute atomic E-state index is 11.1. The lowest BCUT2D eigenvalue weighted by Crippen LogP contribution is -2.36. The monoisotopic (exact) mass is 387 g/mol. The number of anilines is 1. The van der Waals surface area contributed by atoms with Gasteiger partial charge in [-0.15, -0.1) is 0 Å². The molecule has 3 atom stereocenters. The predicted molar refractivity (Wildman–Crippen MR) is 95.3 cm³/mol. The van der Waals surface area contributed by atoms with E-state index in [1.54, 1.807) is 12.1 Å². The lowest BCUT2D eigenvalue weighted by Gasteiger charge is -2.43. The van der Waals surface area contributed by atoms with E-state index in [0.29, 0.717) is 11.5 Å². The number of aromatic carboxylic acids is 1. The first-order valence-corrected chi connectivity index (χ1v) is 8.93. The molecule has 1 saturated heterocycles. The van der Waals surface area contributed by atoms with Crippen LogP contribution >= 0.6 is 15.9 Å². The summed E-state index contributed by atoms with van der Waals surface area (Å²) >= 11 is 3.55. The summed E-state index contributed by atoms with van der Waals surface area (Å²) in [6.45, 7) is 0.789. The molecule has 0 bridgehead atoms. The highest BCUT2D eigenvalue weighted by atomic mass is 79.9. The lowest BCUT2D eigenvalue weighted by molar-refractivity contribution is -0.0381. The van der Waals surface area contributed by atoms with Gasteiger partial charge in [0.2, 0.25) is 0 Å². The number of rotatable bonds is 2. The molecule has 2 aromatic carbocycles. The minimum absolute atomic E-state index is 0.0802. The topological polar surface area (TPSA) is 58.6 Å². The Morgan fingerprint density at radius 3 is 2.75 bits per heavy atom. The van der Waals surface area contributed by atoms with Crippen LogP contribution in [0.1, 0.15) is 46.5 Å². The van der Waals surface area contributed by atoms with Crippen LogP contribution in [0.5, 0.6) is 0 Å². The molecule has 4 rings (SSSR count). The van der Waals surface area contributed by atoms with Gasteiger partial charge < -0.3 is 15.2 Å². The number of nitrogens with one attached hydrogen (secondary N) is 1. The SMILES string of the molecule is O=C(O)c1ccc([C@@H]2Nc3ccc(Br)cc3[C@H]3OCCC[C@H]32)cc1. The van der Waals surface area contributed by atoms with Crippen LogP contribution in [0.3, 0.4) is 0 Å². The normalized spacial score (nSPS) is 25.3. The summed E-state index contributed by atoms with van der Waals surface area (Å²) in [4.78, 5) is 11.1. The summed E-state index contributed by atoms with van der Waals surface area (Å²) in [5.74, 6) is -0.552. The molecule has 2 aromatic rings. The first-order valence-electron chi connectivity index (χ1n) is 8.14. The first kappa shape index (κ1) is 15.7. The smallest absolute Gasteiger partial charge is 0.335 e. The number of carbonyl (C=O) groups is 1. The molecule has 0 amide bonds. The average molecular weight is 388 g/mol. The van der Waals surface area contributed by atoms with Crippen LogP contribution < -0.4 is 5.32 Å². The predicted octanol–water partition coefficient (Wildman–Crippen LogP) is 4.78. The largest absolute Gasteiger partial charge is 0.478 e. The number of carboxylic acids is 1. The molecule has 5 heteroatoms. The molecule has 0 unspecified atom stereocenters. The number of benzene rings is 2. The molecule has 124 valence electrons. The van der Waals surface area contributed by atoms with Gasteiger partial charge in [-0.1, -0.05) is 28.1 Å². The van der Waals surface area contributed by atoms with Crippen molar-refractivity contribution in [2.75, 3.05) is 11.9 Å². The highest BCUT2D eigenvalue weighted by molar-refractivity contribution is 9.10. The van der Waals surface area contributed by atoms with E-state index >= 15 is 0 Å². The lowest BCUT2D eigenvalue weighted by atomic mass is 9.77. The minimum atomic E-state index is -0.896. The van der Waals surface area contributed by atoms with Crippen molar-refractivity contribution in [1.82, 2.24) is 0 Å². The Balaban J connectivity index is 1.73. The van der Waals surface area contributed by atoms with Crippen LogP contribution in [-0.4, -0.2) is 17.7 Å². The Hall–Kier alpha value is -1.85. The maximum atomic E-state index is 11.1. The second-order valence-electron chi connectivity index (χ2n) is 6.38. The van der Waals surface area contributed by atoms with Gasteiger partial charge in [-0.2, -0.15) is 0 Å². The quantitative estimate of drug-likeness (QED) is 0.777. The summed E-state index contributed by atoms with van der Waals surface area (Å²) in [5.41, 5.74) is 3.71. The summed E-state index contributed by atoms with van der Waals surface area (Å²) in [6, 6.07) is 13.5. The summed E-state index contributed by atoms with van der Waals surface area (Å²) in [6.07, 6.45) is 2.22. The van der Waals surface area contributed by atoms with E-state index < -0.39 is 5.97 Å². The van der Waals surface area contributed by atoms with Gasteiger partial charge in [0.1, 0.15) is 0 Å². The van der Waals surface area contributed by atoms with Gasteiger partial charge in [0.15, 0.2) is 0 Å². The van der Waals surface area contributed by atoms with Gasteiger partial charge >= 0.3 is 5.97 Å². The van der Waals surface area contributed by atoms with E-state index in [4.69, 9.17) is 9.84 Å². The second-order valence-corrected chi connectivity index (χ2v) is 7.29. The van der Waals surface area contributed by atoms with Gasteiger partial charge in [-0.05, 0) is 48.7 Å². The van der Waals surface area contributed by atoms with Crippen LogP contribution in [0.2, 0.25) is 0 Å². The van der Waals surface area contributed by atoms with Crippen LogP contribution in [0, 0.1) is 5.92 Å². The van der Waals surface area contributed by atoms with Crippen LogP contribution in [0.25, 0.3) is 0 Å². The number of hydrogen-bond donors (Lipinski definition) is 2. The number of halogens is 1. The van der Waals surface area contributed by atoms with E-state index in [1.807, 2.05) is 18.2 Å². The minimum Gasteiger partial charge on any atom is -0.478 e. The molecule has 2 heterocycles. The number of carboxylic acid groups (broad SMARTS) is 1. The van der Waals surface area contributed by atoms with Crippen molar-refractivity contribution in [3.05, 3.63) is 63.6 Å². The van der Waals surface area contributed by atoms with Crippen molar-refractivity contribution < 1.29 is 14.6 Å². The van der Waals surface area contributed by atoms with E-state index in [1.165, 1.54) is 5.56 Å². The number of ether oxygens (including phenoxy) is 1. The van der Waals surface area contributed by atoms with Gasteiger partial charge in [0.25, 0.3) is 0 Å². The average Bonchev–Trinajstić information content (AvgIpc) is 2.61. The van der Waals surface area contributed by atoms with Gasteiger partial charge in [0.05, 0.1) is 17.7 Å². The highest BCUT2D eigenvalue weighted by Gasteiger charge is 2.39. The third kappa shape index (κ3) is 2.72. The van der Waals surface area contributed by atoms with E-state index in [2.05, 4.69) is 33.4 Å². The fraction of sp³-hybridized carbons (Fsp3) is 0.316. The Morgan fingerprint density at radius 2 is 2.00 bits per heavy atom. The number of fused-ring (bicyclic) bond motifs is 3. The van der Waals surface area contributed by atoms with E-state index in [9.17, 15) is 4.79 Å². The molecule has 0 spiro atoms. The fourth-order valence-electron chi connectivity index (χ4n) is 3.80. The highest BCUT2D eigenvalue weighted by Crippen LogP contribution is 2.49. The van der Waals surface area contributed by atoms with Crippen molar-refractivity contribution in [1.29, 1.82) is 0 Å². The zero-order valence-electron chi connectivity index (χ0n) is 13.0. The van der Waals surface area contributed by atoms with E-state index in [0.717, 1.165) is 35.2 Å². The molecule has 0 saturated carbocycles. The molecule has 2 aliphatic rings. The Kier molecular flexibility index (Phi) is 4.06.